The Kier molecular flexibility index (Phi) is 52.7. The minimum absolute atomic E-state index is 0.104. The Bertz CT molecular complexity index is 1550. The van der Waals surface area contributed by atoms with Crippen LogP contribution in [0.25, 0.3) is 0 Å². The van der Waals surface area contributed by atoms with Crippen molar-refractivity contribution in [2.45, 2.75) is 316 Å². The number of phosphoric ester groups is 2. The first kappa shape index (κ1) is 77.1. The van der Waals surface area contributed by atoms with Gasteiger partial charge in [-0.25, -0.2) is 9.13 Å². The highest BCUT2D eigenvalue weighted by atomic mass is 31.2. The maximum absolute atomic E-state index is 12.9. The van der Waals surface area contributed by atoms with Gasteiger partial charge in [-0.1, -0.05) is 247 Å². The highest BCUT2D eigenvalue weighted by molar-refractivity contribution is 7.47. The third kappa shape index (κ3) is 55.0. The first-order valence-electron chi connectivity index (χ1n) is 31.6. The number of phosphoric acid groups is 2. The van der Waals surface area contributed by atoms with E-state index >= 15 is 0 Å². The molecule has 0 aliphatic heterocycles. The summed E-state index contributed by atoms with van der Waals surface area (Å²) in [7, 11) is -9.87. The predicted octanol–water partition coefficient (Wildman–Crippen LogP) is 16.2. The summed E-state index contributed by atoms with van der Waals surface area (Å²) >= 11 is 0. The van der Waals surface area contributed by atoms with Gasteiger partial charge in [0.05, 0.1) is 26.4 Å². The Morgan fingerprint density at radius 3 is 0.861 bits per heavy atom. The summed E-state index contributed by atoms with van der Waals surface area (Å²) in [5.41, 5.74) is 0. The molecule has 2 unspecified atom stereocenters. The van der Waals surface area contributed by atoms with Crippen LogP contribution in [0.3, 0.4) is 0 Å². The molecule has 0 aromatic carbocycles. The number of aliphatic hydroxyl groups is 1. The number of carbonyl (C=O) groups is 4. The summed E-state index contributed by atoms with van der Waals surface area (Å²) in [6, 6.07) is 0. The zero-order valence-corrected chi connectivity index (χ0v) is 52.3. The molecule has 0 rings (SSSR count). The van der Waals surface area contributed by atoms with Crippen LogP contribution in [0, 0.1) is 5.92 Å². The Morgan fingerprint density at radius 1 is 0.342 bits per heavy atom. The second-order valence-corrected chi connectivity index (χ2v) is 25.1. The van der Waals surface area contributed by atoms with E-state index in [1.807, 2.05) is 0 Å². The molecule has 0 saturated heterocycles. The molecule has 0 saturated carbocycles. The topological polar surface area (TPSA) is 237 Å². The number of esters is 4. The van der Waals surface area contributed by atoms with E-state index in [-0.39, 0.29) is 25.7 Å². The van der Waals surface area contributed by atoms with Crippen molar-refractivity contribution in [1.82, 2.24) is 0 Å². The highest BCUT2D eigenvalue weighted by Gasteiger charge is 2.30. The van der Waals surface area contributed by atoms with E-state index in [4.69, 9.17) is 37.0 Å². The van der Waals surface area contributed by atoms with Gasteiger partial charge in [-0.05, 0) is 31.6 Å². The van der Waals surface area contributed by atoms with Crippen LogP contribution in [0.4, 0.5) is 0 Å². The van der Waals surface area contributed by atoms with Gasteiger partial charge in [0, 0.05) is 25.7 Å². The third-order valence-electron chi connectivity index (χ3n) is 13.8. The van der Waals surface area contributed by atoms with Crippen LogP contribution in [0.1, 0.15) is 298 Å². The van der Waals surface area contributed by atoms with Crippen LogP contribution in [0.5, 0.6) is 0 Å². The van der Waals surface area contributed by atoms with E-state index in [0.29, 0.717) is 31.6 Å². The molecule has 17 nitrogen and oxygen atoms in total. The van der Waals surface area contributed by atoms with Crippen molar-refractivity contribution in [1.29, 1.82) is 0 Å². The molecule has 79 heavy (non-hydrogen) atoms. The van der Waals surface area contributed by atoms with Crippen molar-refractivity contribution in [2.24, 2.45) is 5.92 Å². The fourth-order valence-electron chi connectivity index (χ4n) is 8.88. The normalized spacial score (nSPS) is 14.3. The summed E-state index contributed by atoms with van der Waals surface area (Å²) in [6.45, 7) is 7.02. The molecular formula is C60H116O17P2. The summed E-state index contributed by atoms with van der Waals surface area (Å²) in [5, 5.41) is 10.5. The van der Waals surface area contributed by atoms with E-state index < -0.39 is 97.5 Å². The van der Waals surface area contributed by atoms with Crippen molar-refractivity contribution in [3.05, 3.63) is 0 Å². The summed E-state index contributed by atoms with van der Waals surface area (Å²) in [5.74, 6) is -1.47. The van der Waals surface area contributed by atoms with Crippen molar-refractivity contribution in [3.8, 4) is 0 Å². The van der Waals surface area contributed by atoms with E-state index in [1.165, 1.54) is 96.3 Å². The Labute approximate surface area is 479 Å². The molecule has 0 aliphatic rings. The minimum atomic E-state index is -4.94. The van der Waals surface area contributed by atoms with Gasteiger partial charge < -0.3 is 33.8 Å². The summed E-state index contributed by atoms with van der Waals surface area (Å²) < 4.78 is 67.6. The summed E-state index contributed by atoms with van der Waals surface area (Å²) in [6.07, 6.45) is 36.5. The van der Waals surface area contributed by atoms with Gasteiger partial charge in [-0.2, -0.15) is 0 Å². The molecule has 468 valence electrons. The second-order valence-electron chi connectivity index (χ2n) is 22.2. The van der Waals surface area contributed by atoms with Gasteiger partial charge in [-0.3, -0.25) is 37.3 Å². The van der Waals surface area contributed by atoms with Gasteiger partial charge in [0.15, 0.2) is 12.2 Å². The van der Waals surface area contributed by atoms with Crippen molar-refractivity contribution in [3.63, 3.8) is 0 Å². The number of aliphatic hydroxyl groups excluding tert-OH is 1. The van der Waals surface area contributed by atoms with Crippen molar-refractivity contribution in [2.75, 3.05) is 39.6 Å². The summed E-state index contributed by atoms with van der Waals surface area (Å²) in [4.78, 5) is 71.8. The molecular weight excluding hydrogens is 1050 g/mol. The van der Waals surface area contributed by atoms with Gasteiger partial charge in [0.1, 0.15) is 19.3 Å². The van der Waals surface area contributed by atoms with Gasteiger partial charge in [0.2, 0.25) is 0 Å². The molecule has 3 N–H and O–H groups in total. The zero-order valence-electron chi connectivity index (χ0n) is 50.5. The number of carbonyl (C=O) groups excluding carboxylic acids is 4. The molecule has 5 atom stereocenters. The largest absolute Gasteiger partial charge is 0.472 e. The van der Waals surface area contributed by atoms with Crippen LogP contribution in [0.2, 0.25) is 0 Å². The van der Waals surface area contributed by atoms with Crippen LogP contribution in [-0.4, -0.2) is 96.7 Å². The SMILES string of the molecule is CCCCCCCCCCCCCCCCCC(=O)O[C@H](COC(=O)CCCCCCCCC(C)C)COP(=O)(O)OC[C@@H](O)COP(=O)(O)OC[C@@H](COC(=O)CCCCCCCCC)OC(=O)CCCCCCCCCC. The number of hydrogen-bond acceptors (Lipinski definition) is 15. The van der Waals surface area contributed by atoms with Gasteiger partial charge in [0.25, 0.3) is 0 Å². The standard InChI is InChI=1S/C60H116O17P2/c1-6-9-12-15-18-20-21-22-23-24-25-26-29-36-41-46-60(65)77-56(50-71-58(63)44-39-34-31-30-32-37-42-53(4)5)52-75-79(68,69)73-48-54(61)47-72-78(66,67)74-51-55(49-70-57(62)43-38-33-27-17-14-11-8-3)76-59(64)45-40-35-28-19-16-13-10-7-2/h53-56,61H,6-52H2,1-5H3,(H,66,67)(H,68,69)/t54-,55+,56+/m0/s1. The Hall–Kier alpha value is -1.94. The molecule has 0 aliphatic carbocycles. The zero-order chi connectivity index (χ0) is 58.5. The number of ether oxygens (including phenoxy) is 4. The Balaban J connectivity index is 5.17. The molecule has 0 amide bonds. The predicted molar refractivity (Wildman–Crippen MR) is 312 cm³/mol. The number of unbranched alkanes of at least 4 members (excludes halogenated alkanes) is 32. The first-order chi connectivity index (χ1) is 38.0. The first-order valence-corrected chi connectivity index (χ1v) is 34.6. The monoisotopic (exact) mass is 1170 g/mol. The molecule has 0 aromatic rings. The lowest BCUT2D eigenvalue weighted by atomic mass is 10.0. The minimum Gasteiger partial charge on any atom is -0.462 e. The quantitative estimate of drug-likeness (QED) is 0.0222. The van der Waals surface area contributed by atoms with E-state index in [2.05, 4.69) is 34.6 Å². The number of hydrogen-bond donors (Lipinski definition) is 3. The van der Waals surface area contributed by atoms with E-state index in [9.17, 15) is 43.2 Å². The smallest absolute Gasteiger partial charge is 0.462 e. The highest BCUT2D eigenvalue weighted by Crippen LogP contribution is 2.45. The van der Waals surface area contributed by atoms with Crippen molar-refractivity contribution < 1.29 is 80.2 Å². The Morgan fingerprint density at radius 2 is 0.582 bits per heavy atom. The average Bonchev–Trinajstić information content (AvgIpc) is 3.41. The van der Waals surface area contributed by atoms with Crippen molar-refractivity contribution >= 4 is 39.5 Å². The lowest BCUT2D eigenvalue weighted by Crippen LogP contribution is -2.30. The van der Waals surface area contributed by atoms with Gasteiger partial charge >= 0.3 is 39.5 Å². The fourth-order valence-corrected chi connectivity index (χ4v) is 10.5. The molecule has 0 heterocycles. The second kappa shape index (κ2) is 54.0. The molecule has 0 fully saturated rings. The van der Waals surface area contributed by atoms with Crippen LogP contribution in [0.15, 0.2) is 0 Å². The molecule has 0 aromatic heterocycles. The average molecular weight is 1170 g/mol. The van der Waals surface area contributed by atoms with Crippen LogP contribution >= 0.6 is 15.6 Å². The number of rotatable bonds is 60. The fraction of sp³-hybridized carbons (Fsp3) is 0.933. The molecule has 19 heteroatoms. The van der Waals surface area contributed by atoms with Crippen LogP contribution < -0.4 is 0 Å². The van der Waals surface area contributed by atoms with Crippen LogP contribution in [-0.2, 0) is 65.4 Å². The third-order valence-corrected chi connectivity index (χ3v) is 15.7. The molecule has 0 spiro atoms. The maximum atomic E-state index is 12.9. The molecule has 0 bridgehead atoms. The lowest BCUT2D eigenvalue weighted by molar-refractivity contribution is -0.161. The molecule has 0 radical (unpaired) electrons. The van der Waals surface area contributed by atoms with E-state index in [0.717, 1.165) is 116 Å². The van der Waals surface area contributed by atoms with E-state index in [1.54, 1.807) is 0 Å². The van der Waals surface area contributed by atoms with Gasteiger partial charge in [-0.15, -0.1) is 0 Å². The maximum Gasteiger partial charge on any atom is 0.472 e. The lowest BCUT2D eigenvalue weighted by Gasteiger charge is -2.21.